The fraction of sp³-hybridized carbons (Fsp3) is 0.125. The number of rotatable bonds is 4. The molecular weight excluding hydrogens is 284 g/mol. The van der Waals surface area contributed by atoms with Gasteiger partial charge in [0.05, 0.1) is 0 Å². The zero-order valence-electron chi connectivity index (χ0n) is 11.7. The van der Waals surface area contributed by atoms with Gasteiger partial charge in [-0.1, -0.05) is 24.3 Å². The van der Waals surface area contributed by atoms with Crippen LogP contribution in [0.4, 0.5) is 0 Å². The highest BCUT2D eigenvalue weighted by Gasteiger charge is 2.12. The molecule has 0 spiro atoms. The van der Waals surface area contributed by atoms with Crippen molar-refractivity contribution in [2.45, 2.75) is 13.1 Å². The summed E-state index contributed by atoms with van der Waals surface area (Å²) in [6.07, 6.45) is 0. The van der Waals surface area contributed by atoms with E-state index in [4.69, 9.17) is 10.2 Å². The Kier molecular flexibility index (Phi) is 4.98. The van der Waals surface area contributed by atoms with Crippen LogP contribution in [0.15, 0.2) is 48.5 Å². The van der Waals surface area contributed by atoms with Crippen LogP contribution < -0.4 is 10.6 Å². The molecule has 0 fully saturated rings. The van der Waals surface area contributed by atoms with E-state index in [0.29, 0.717) is 0 Å². The number of phenols is 2. The van der Waals surface area contributed by atoms with Crippen molar-refractivity contribution in [1.82, 2.24) is 10.6 Å². The van der Waals surface area contributed by atoms with Gasteiger partial charge >= 0.3 is 11.8 Å². The highest BCUT2D eigenvalue weighted by Crippen LogP contribution is 2.10. The fourth-order valence-corrected chi connectivity index (χ4v) is 1.75. The second-order valence-electron chi connectivity index (χ2n) is 4.70. The average molecular weight is 300 g/mol. The molecule has 0 radical (unpaired) electrons. The molecule has 0 aliphatic carbocycles. The summed E-state index contributed by atoms with van der Waals surface area (Å²) in [4.78, 5) is 23.3. The van der Waals surface area contributed by atoms with E-state index >= 15 is 0 Å². The molecule has 6 heteroatoms. The number of benzene rings is 2. The van der Waals surface area contributed by atoms with Crippen LogP contribution in [0.5, 0.6) is 11.5 Å². The first-order chi connectivity index (χ1) is 10.5. The summed E-state index contributed by atoms with van der Waals surface area (Å²) in [6.45, 7) is 0.400. The summed E-state index contributed by atoms with van der Waals surface area (Å²) >= 11 is 0. The molecule has 0 unspecified atom stereocenters. The van der Waals surface area contributed by atoms with Crippen LogP contribution in [0.3, 0.4) is 0 Å². The number of carbonyl (C=O) groups excluding carboxylic acids is 2. The van der Waals surface area contributed by atoms with Crippen molar-refractivity contribution in [2.24, 2.45) is 0 Å². The number of hydrogen-bond donors (Lipinski definition) is 4. The lowest BCUT2D eigenvalue weighted by atomic mass is 10.2. The lowest BCUT2D eigenvalue weighted by Gasteiger charge is -2.07. The van der Waals surface area contributed by atoms with Gasteiger partial charge in [0.1, 0.15) is 11.5 Å². The third-order valence-corrected chi connectivity index (χ3v) is 2.99. The summed E-state index contributed by atoms with van der Waals surface area (Å²) in [5.74, 6) is -1.18. The van der Waals surface area contributed by atoms with Crippen molar-refractivity contribution < 1.29 is 19.8 Å². The van der Waals surface area contributed by atoms with E-state index in [1.807, 2.05) is 0 Å². The number of hydrogen-bond acceptors (Lipinski definition) is 4. The molecule has 0 atom stereocenters. The van der Waals surface area contributed by atoms with Gasteiger partial charge in [-0.05, 0) is 35.4 Å². The molecule has 2 amide bonds. The second kappa shape index (κ2) is 7.12. The Morgan fingerprint density at radius 1 is 0.682 bits per heavy atom. The molecule has 0 aliphatic heterocycles. The first-order valence-corrected chi connectivity index (χ1v) is 6.66. The van der Waals surface area contributed by atoms with E-state index in [0.717, 1.165) is 11.1 Å². The quantitative estimate of drug-likeness (QED) is 0.634. The zero-order chi connectivity index (χ0) is 15.9. The molecule has 6 nitrogen and oxygen atoms in total. The highest BCUT2D eigenvalue weighted by atomic mass is 16.3. The molecule has 0 aromatic heterocycles. The first kappa shape index (κ1) is 15.4. The Morgan fingerprint density at radius 3 is 1.32 bits per heavy atom. The van der Waals surface area contributed by atoms with E-state index in [-0.39, 0.29) is 24.6 Å². The van der Waals surface area contributed by atoms with Gasteiger partial charge in [-0.15, -0.1) is 0 Å². The van der Waals surface area contributed by atoms with Crippen molar-refractivity contribution >= 4 is 11.8 Å². The van der Waals surface area contributed by atoms with Gasteiger partial charge in [0.15, 0.2) is 0 Å². The standard InChI is InChI=1S/C16H16N2O4/c19-13-5-1-11(2-6-13)9-17-15(21)16(22)18-10-12-3-7-14(20)8-4-12/h1-8,19-20H,9-10H2,(H,17,21)(H,18,22). The molecule has 0 saturated heterocycles. The zero-order valence-corrected chi connectivity index (χ0v) is 11.7. The molecule has 22 heavy (non-hydrogen) atoms. The Bertz CT molecular complexity index is 591. The van der Waals surface area contributed by atoms with Gasteiger partial charge in [0.2, 0.25) is 0 Å². The minimum Gasteiger partial charge on any atom is -0.508 e. The average Bonchev–Trinajstić information content (AvgIpc) is 2.53. The number of amides is 2. The minimum absolute atomic E-state index is 0.140. The molecule has 2 aromatic rings. The fourth-order valence-electron chi connectivity index (χ4n) is 1.75. The topological polar surface area (TPSA) is 98.7 Å². The third-order valence-electron chi connectivity index (χ3n) is 2.99. The molecule has 2 rings (SSSR count). The van der Waals surface area contributed by atoms with E-state index in [2.05, 4.69) is 10.6 Å². The van der Waals surface area contributed by atoms with Gasteiger partial charge in [0.25, 0.3) is 0 Å². The monoisotopic (exact) mass is 300 g/mol. The summed E-state index contributed by atoms with van der Waals surface area (Å²) in [5.41, 5.74) is 1.55. The van der Waals surface area contributed by atoms with E-state index in [1.165, 1.54) is 24.3 Å². The summed E-state index contributed by atoms with van der Waals surface area (Å²) in [7, 11) is 0. The van der Waals surface area contributed by atoms with Gasteiger partial charge in [-0.25, -0.2) is 0 Å². The minimum atomic E-state index is -0.730. The largest absolute Gasteiger partial charge is 0.508 e. The van der Waals surface area contributed by atoms with Crippen molar-refractivity contribution in [3.05, 3.63) is 59.7 Å². The van der Waals surface area contributed by atoms with Crippen LogP contribution in [-0.2, 0) is 22.7 Å². The van der Waals surface area contributed by atoms with Gasteiger partial charge in [0, 0.05) is 13.1 Å². The predicted molar refractivity (Wildman–Crippen MR) is 79.9 cm³/mol. The normalized spacial score (nSPS) is 10.0. The molecule has 0 bridgehead atoms. The van der Waals surface area contributed by atoms with Crippen molar-refractivity contribution in [3.8, 4) is 11.5 Å². The van der Waals surface area contributed by atoms with E-state index < -0.39 is 11.8 Å². The van der Waals surface area contributed by atoms with Crippen LogP contribution >= 0.6 is 0 Å². The molecule has 2 aromatic carbocycles. The van der Waals surface area contributed by atoms with Gasteiger partial charge in [-0.3, -0.25) is 9.59 Å². The van der Waals surface area contributed by atoms with Crippen LogP contribution in [-0.4, -0.2) is 22.0 Å². The SMILES string of the molecule is O=C(NCc1ccc(O)cc1)C(=O)NCc1ccc(O)cc1. The Balaban J connectivity index is 1.78. The number of carbonyl (C=O) groups is 2. The second-order valence-corrected chi connectivity index (χ2v) is 4.70. The van der Waals surface area contributed by atoms with Crippen LogP contribution in [0.25, 0.3) is 0 Å². The molecular formula is C16H16N2O4. The van der Waals surface area contributed by atoms with Crippen molar-refractivity contribution in [3.63, 3.8) is 0 Å². The van der Waals surface area contributed by atoms with Crippen LogP contribution in [0, 0.1) is 0 Å². The smallest absolute Gasteiger partial charge is 0.309 e. The Morgan fingerprint density at radius 2 is 1.00 bits per heavy atom. The highest BCUT2D eigenvalue weighted by molar-refractivity contribution is 6.35. The summed E-state index contributed by atoms with van der Waals surface area (Å²) in [5, 5.41) is 23.3. The molecule has 114 valence electrons. The molecule has 0 heterocycles. The van der Waals surface area contributed by atoms with Crippen LogP contribution in [0.2, 0.25) is 0 Å². The van der Waals surface area contributed by atoms with Crippen molar-refractivity contribution in [1.29, 1.82) is 0 Å². The number of phenolic OH excluding ortho intramolecular Hbond substituents is 2. The maximum atomic E-state index is 11.6. The van der Waals surface area contributed by atoms with Crippen LogP contribution in [0.1, 0.15) is 11.1 Å². The summed E-state index contributed by atoms with van der Waals surface area (Å²) < 4.78 is 0. The Labute approximate surface area is 127 Å². The van der Waals surface area contributed by atoms with Gasteiger partial charge in [-0.2, -0.15) is 0 Å². The van der Waals surface area contributed by atoms with E-state index in [9.17, 15) is 9.59 Å². The third kappa shape index (κ3) is 4.52. The Hall–Kier alpha value is -3.02. The number of nitrogens with one attached hydrogen (secondary N) is 2. The first-order valence-electron chi connectivity index (χ1n) is 6.66. The predicted octanol–water partition coefficient (Wildman–Crippen LogP) is 1.03. The maximum absolute atomic E-state index is 11.6. The molecule has 4 N–H and O–H groups in total. The van der Waals surface area contributed by atoms with E-state index in [1.54, 1.807) is 24.3 Å². The molecule has 0 saturated carbocycles. The van der Waals surface area contributed by atoms with Crippen molar-refractivity contribution in [2.75, 3.05) is 0 Å². The summed E-state index contributed by atoms with van der Waals surface area (Å²) in [6, 6.07) is 12.7. The maximum Gasteiger partial charge on any atom is 0.309 e. The lowest BCUT2D eigenvalue weighted by molar-refractivity contribution is -0.139. The number of aromatic hydroxyl groups is 2. The molecule has 0 aliphatic rings. The van der Waals surface area contributed by atoms with Gasteiger partial charge < -0.3 is 20.8 Å². The lowest BCUT2D eigenvalue weighted by Crippen LogP contribution is -2.39.